The van der Waals surface area contributed by atoms with Crippen LogP contribution in [0.25, 0.3) is 0 Å². The fourth-order valence-electron chi connectivity index (χ4n) is 4.17. The second-order valence-corrected chi connectivity index (χ2v) is 12.3. The van der Waals surface area contributed by atoms with Crippen LogP contribution < -0.4 is 21.3 Å². The van der Waals surface area contributed by atoms with Gasteiger partial charge in [0.25, 0.3) is 11.8 Å². The standard InChI is InChI=1S/2C16H12Cl2FN3O2/c17-9-2-1-3-10(18)14(9)16(24)21-12-6-13(20-7-11(12)19)22-15(23)8-4-5-8;17-9-2-1-3-10(18)12(9)16(24)21-11-6-7-20-14(13(11)19)22-15(23)8-4-5-8/h2*1-3,6-8H,4-5H2,(H2,20,21,22,23,24). The molecular weight excluding hydrogens is 712 g/mol. The molecule has 0 saturated heterocycles. The summed E-state index contributed by atoms with van der Waals surface area (Å²) in [6, 6.07) is 11.8. The normalized spacial score (nSPS) is 13.5. The second kappa shape index (κ2) is 15.2. The molecule has 0 radical (unpaired) electrons. The summed E-state index contributed by atoms with van der Waals surface area (Å²) < 4.78 is 28.3. The van der Waals surface area contributed by atoms with Gasteiger partial charge in [0.1, 0.15) is 5.82 Å². The Morgan fingerprint density at radius 1 is 0.646 bits per heavy atom. The molecule has 0 aliphatic heterocycles. The maximum absolute atomic E-state index is 14.4. The quantitative estimate of drug-likeness (QED) is 0.144. The Morgan fingerprint density at radius 2 is 1.12 bits per heavy atom. The molecule has 0 spiro atoms. The van der Waals surface area contributed by atoms with E-state index in [2.05, 4.69) is 31.2 Å². The van der Waals surface area contributed by atoms with Crippen LogP contribution in [0.5, 0.6) is 0 Å². The Morgan fingerprint density at radius 3 is 1.62 bits per heavy atom. The number of nitrogens with one attached hydrogen (secondary N) is 4. The summed E-state index contributed by atoms with van der Waals surface area (Å²) in [5.41, 5.74) is -0.171. The predicted molar refractivity (Wildman–Crippen MR) is 180 cm³/mol. The molecule has 4 aromatic rings. The van der Waals surface area contributed by atoms with Gasteiger partial charge in [-0.2, -0.15) is 0 Å². The van der Waals surface area contributed by atoms with Crippen molar-refractivity contribution in [2.75, 3.05) is 21.3 Å². The molecule has 10 nitrogen and oxygen atoms in total. The van der Waals surface area contributed by atoms with Crippen molar-refractivity contribution >= 4 is 93.0 Å². The number of aromatic nitrogens is 2. The number of amides is 4. The van der Waals surface area contributed by atoms with E-state index in [0.29, 0.717) is 0 Å². The highest BCUT2D eigenvalue weighted by Crippen LogP contribution is 2.32. The summed E-state index contributed by atoms with van der Waals surface area (Å²) in [4.78, 5) is 55.7. The van der Waals surface area contributed by atoms with Crippen LogP contribution in [0.15, 0.2) is 60.9 Å². The van der Waals surface area contributed by atoms with Gasteiger partial charge in [0.05, 0.1) is 48.8 Å². The molecule has 2 aromatic carbocycles. The lowest BCUT2D eigenvalue weighted by Gasteiger charge is -2.11. The number of nitrogens with zero attached hydrogens (tertiary/aromatic N) is 2. The van der Waals surface area contributed by atoms with E-state index in [9.17, 15) is 28.0 Å². The average molecular weight is 736 g/mol. The van der Waals surface area contributed by atoms with Crippen LogP contribution >= 0.6 is 46.4 Å². The maximum atomic E-state index is 14.4. The number of carbonyl (C=O) groups is 4. The van der Waals surface area contributed by atoms with E-state index < -0.39 is 23.4 Å². The highest BCUT2D eigenvalue weighted by molar-refractivity contribution is 6.41. The SMILES string of the molecule is O=C(Nc1cc(NC(=O)C2CC2)ncc1F)c1c(Cl)cccc1Cl.O=C(Nc1ccnc(NC(=O)C2CC2)c1F)c1c(Cl)cccc1Cl. The Balaban J connectivity index is 0.000000188. The first-order valence-corrected chi connectivity index (χ1v) is 15.9. The summed E-state index contributed by atoms with van der Waals surface area (Å²) in [6.45, 7) is 0. The number of halogens is 6. The molecule has 2 aliphatic rings. The first-order chi connectivity index (χ1) is 22.9. The van der Waals surface area contributed by atoms with Crippen molar-refractivity contribution in [1.82, 2.24) is 9.97 Å². The zero-order valence-corrected chi connectivity index (χ0v) is 27.6. The number of benzene rings is 2. The van der Waals surface area contributed by atoms with E-state index in [1.807, 2.05) is 0 Å². The van der Waals surface area contributed by atoms with Crippen LogP contribution in [-0.4, -0.2) is 33.6 Å². The van der Waals surface area contributed by atoms with Crippen molar-refractivity contribution in [2.24, 2.45) is 11.8 Å². The first-order valence-electron chi connectivity index (χ1n) is 14.4. The highest BCUT2D eigenvalue weighted by Gasteiger charge is 2.31. The van der Waals surface area contributed by atoms with E-state index in [0.717, 1.165) is 31.9 Å². The maximum Gasteiger partial charge on any atom is 0.258 e. The molecule has 2 saturated carbocycles. The zero-order valence-electron chi connectivity index (χ0n) is 24.6. The van der Waals surface area contributed by atoms with Gasteiger partial charge in [-0.05, 0) is 56.0 Å². The third kappa shape index (κ3) is 8.75. The number of hydrogen-bond donors (Lipinski definition) is 4. The van der Waals surface area contributed by atoms with E-state index >= 15 is 0 Å². The third-order valence-electron chi connectivity index (χ3n) is 7.01. The smallest absolute Gasteiger partial charge is 0.258 e. The van der Waals surface area contributed by atoms with Crippen molar-refractivity contribution in [2.45, 2.75) is 25.7 Å². The van der Waals surface area contributed by atoms with Crippen molar-refractivity contribution in [3.63, 3.8) is 0 Å². The van der Waals surface area contributed by atoms with Gasteiger partial charge in [-0.25, -0.2) is 18.7 Å². The molecule has 2 fully saturated rings. The number of rotatable bonds is 8. The minimum atomic E-state index is -0.831. The molecule has 4 amide bonds. The fraction of sp³-hybridized carbons (Fsp3) is 0.188. The summed E-state index contributed by atoms with van der Waals surface area (Å²) in [5.74, 6) is -3.50. The van der Waals surface area contributed by atoms with Crippen molar-refractivity contribution in [3.8, 4) is 0 Å². The summed E-state index contributed by atoms with van der Waals surface area (Å²) >= 11 is 23.9. The highest BCUT2D eigenvalue weighted by atomic mass is 35.5. The molecule has 0 atom stereocenters. The number of carbonyl (C=O) groups excluding carboxylic acids is 4. The molecule has 4 N–H and O–H groups in total. The fourth-order valence-corrected chi connectivity index (χ4v) is 5.31. The minimum absolute atomic E-state index is 0.0168. The largest absolute Gasteiger partial charge is 0.319 e. The van der Waals surface area contributed by atoms with Crippen molar-refractivity contribution in [1.29, 1.82) is 0 Å². The Hall–Kier alpha value is -4.36. The van der Waals surface area contributed by atoms with Crippen LogP contribution in [0.3, 0.4) is 0 Å². The lowest BCUT2D eigenvalue weighted by atomic mass is 10.2. The molecule has 6 rings (SSSR count). The number of hydrogen-bond acceptors (Lipinski definition) is 6. The molecule has 2 aromatic heterocycles. The average Bonchev–Trinajstić information content (AvgIpc) is 3.95. The topological polar surface area (TPSA) is 142 Å². The van der Waals surface area contributed by atoms with Gasteiger partial charge in [-0.1, -0.05) is 58.5 Å². The summed E-state index contributed by atoms with van der Waals surface area (Å²) in [6.07, 6.45) is 5.45. The summed E-state index contributed by atoms with van der Waals surface area (Å²) in [7, 11) is 0. The van der Waals surface area contributed by atoms with Gasteiger partial charge >= 0.3 is 0 Å². The van der Waals surface area contributed by atoms with Gasteiger partial charge in [0.2, 0.25) is 11.8 Å². The molecule has 2 aliphatic carbocycles. The second-order valence-electron chi connectivity index (χ2n) is 10.7. The van der Waals surface area contributed by atoms with Gasteiger partial charge in [0, 0.05) is 24.1 Å². The third-order valence-corrected chi connectivity index (χ3v) is 8.27. The predicted octanol–water partition coefficient (Wildman–Crippen LogP) is 8.26. The zero-order chi connectivity index (χ0) is 34.5. The van der Waals surface area contributed by atoms with E-state index in [4.69, 9.17) is 46.4 Å². The van der Waals surface area contributed by atoms with Crippen molar-refractivity contribution in [3.05, 3.63) is 104 Å². The lowest BCUT2D eigenvalue weighted by Crippen LogP contribution is -2.18. The number of pyridine rings is 2. The van der Waals surface area contributed by atoms with E-state index in [-0.39, 0.29) is 77.9 Å². The van der Waals surface area contributed by atoms with Crippen LogP contribution in [0.2, 0.25) is 20.1 Å². The van der Waals surface area contributed by atoms with Crippen LogP contribution in [0, 0.1) is 23.5 Å². The van der Waals surface area contributed by atoms with E-state index in [1.165, 1.54) is 42.6 Å². The van der Waals surface area contributed by atoms with Gasteiger partial charge < -0.3 is 21.3 Å². The first kappa shape index (κ1) is 35.0. The van der Waals surface area contributed by atoms with E-state index in [1.54, 1.807) is 12.1 Å². The molecule has 248 valence electrons. The molecular formula is C32H24Cl4F2N6O4. The Labute approximate surface area is 292 Å². The van der Waals surface area contributed by atoms with Crippen LogP contribution in [0.1, 0.15) is 46.4 Å². The van der Waals surface area contributed by atoms with Crippen LogP contribution in [-0.2, 0) is 9.59 Å². The monoisotopic (exact) mass is 734 g/mol. The summed E-state index contributed by atoms with van der Waals surface area (Å²) in [5, 5.41) is 10.4. The molecule has 0 bridgehead atoms. The van der Waals surface area contributed by atoms with Crippen LogP contribution in [0.4, 0.5) is 31.8 Å². The van der Waals surface area contributed by atoms with Gasteiger partial charge in [-0.15, -0.1) is 0 Å². The molecule has 2 heterocycles. The molecule has 16 heteroatoms. The molecule has 0 unspecified atom stereocenters. The minimum Gasteiger partial charge on any atom is -0.319 e. The Kier molecular flexibility index (Phi) is 11.1. The van der Waals surface area contributed by atoms with Crippen molar-refractivity contribution < 1.29 is 28.0 Å². The molecule has 48 heavy (non-hydrogen) atoms. The lowest BCUT2D eigenvalue weighted by molar-refractivity contribution is -0.118. The Bertz CT molecular complexity index is 1820. The van der Waals surface area contributed by atoms with Gasteiger partial charge in [0.15, 0.2) is 17.5 Å². The van der Waals surface area contributed by atoms with Gasteiger partial charge in [-0.3, -0.25) is 19.2 Å². The number of anilines is 4.